The molecule has 2 N–H and O–H groups in total. The molecule has 27 heavy (non-hydrogen) atoms. The first kappa shape index (κ1) is 18.6. The van der Waals surface area contributed by atoms with Gasteiger partial charge in [-0.05, 0) is 35.9 Å². The number of ether oxygens (including phenoxy) is 1. The Morgan fingerprint density at radius 1 is 1.22 bits per heavy atom. The standard InChI is InChI=1S/C20H22N4O3/c1-24(2)15-6-4-5-13(9-15)18(11-25)23-19-16-10-14(20(26)27-3)7-8-17(16)21-12-22-19/h4-10,12,18,25H,11H2,1-3H3,(H,21,22,23)/t18-/m0/s1. The Kier molecular flexibility index (Phi) is 5.52. The van der Waals surface area contributed by atoms with Crippen molar-refractivity contribution in [2.45, 2.75) is 6.04 Å². The minimum atomic E-state index is -0.427. The van der Waals surface area contributed by atoms with Gasteiger partial charge in [0.25, 0.3) is 0 Å². The molecule has 3 aromatic rings. The van der Waals surface area contributed by atoms with Crippen molar-refractivity contribution < 1.29 is 14.6 Å². The first-order chi connectivity index (χ1) is 13.0. The molecule has 7 heteroatoms. The van der Waals surface area contributed by atoms with Gasteiger partial charge in [-0.1, -0.05) is 12.1 Å². The van der Waals surface area contributed by atoms with Crippen molar-refractivity contribution in [3.8, 4) is 0 Å². The van der Waals surface area contributed by atoms with E-state index in [-0.39, 0.29) is 12.6 Å². The molecule has 1 aromatic heterocycles. The lowest BCUT2D eigenvalue weighted by Gasteiger charge is -2.21. The average molecular weight is 366 g/mol. The van der Waals surface area contributed by atoms with Crippen molar-refractivity contribution in [1.82, 2.24) is 9.97 Å². The molecule has 0 radical (unpaired) electrons. The number of aliphatic hydroxyl groups excluding tert-OH is 1. The number of methoxy groups -OCH3 is 1. The smallest absolute Gasteiger partial charge is 0.337 e. The van der Waals surface area contributed by atoms with Gasteiger partial charge in [-0.25, -0.2) is 14.8 Å². The molecule has 7 nitrogen and oxygen atoms in total. The number of nitrogens with one attached hydrogen (secondary N) is 1. The summed E-state index contributed by atoms with van der Waals surface area (Å²) in [5.41, 5.74) is 3.07. The third-order valence-electron chi connectivity index (χ3n) is 4.34. The molecule has 3 rings (SSSR count). The summed E-state index contributed by atoms with van der Waals surface area (Å²) in [7, 11) is 5.27. The number of fused-ring (bicyclic) bond motifs is 1. The summed E-state index contributed by atoms with van der Waals surface area (Å²) in [4.78, 5) is 22.4. The van der Waals surface area contributed by atoms with Crippen LogP contribution in [0.3, 0.4) is 0 Å². The Balaban J connectivity index is 1.98. The Labute approximate surface area is 157 Å². The molecule has 1 atom stereocenters. The number of esters is 1. The van der Waals surface area contributed by atoms with Crippen LogP contribution in [-0.2, 0) is 4.74 Å². The molecule has 0 bridgehead atoms. The van der Waals surface area contributed by atoms with Crippen LogP contribution < -0.4 is 10.2 Å². The van der Waals surface area contributed by atoms with Gasteiger partial charge in [-0.3, -0.25) is 0 Å². The number of benzene rings is 2. The van der Waals surface area contributed by atoms with Gasteiger partial charge in [0.2, 0.25) is 0 Å². The normalized spacial score (nSPS) is 11.9. The Morgan fingerprint density at radius 2 is 2.04 bits per heavy atom. The first-order valence-electron chi connectivity index (χ1n) is 8.51. The quantitative estimate of drug-likeness (QED) is 0.649. The van der Waals surface area contributed by atoms with E-state index in [0.29, 0.717) is 22.3 Å². The van der Waals surface area contributed by atoms with Crippen molar-refractivity contribution >= 4 is 28.4 Å². The summed E-state index contributed by atoms with van der Waals surface area (Å²) in [5, 5.41) is 13.9. The molecular weight excluding hydrogens is 344 g/mol. The zero-order chi connectivity index (χ0) is 19.4. The van der Waals surface area contributed by atoms with Gasteiger partial charge in [0.05, 0.1) is 30.8 Å². The number of carbonyl (C=O) groups excluding carboxylic acids is 1. The lowest BCUT2D eigenvalue weighted by molar-refractivity contribution is 0.0601. The molecule has 0 saturated carbocycles. The first-order valence-corrected chi connectivity index (χ1v) is 8.51. The number of rotatable bonds is 6. The molecule has 0 aliphatic heterocycles. The lowest BCUT2D eigenvalue weighted by atomic mass is 10.1. The Morgan fingerprint density at radius 3 is 2.74 bits per heavy atom. The second-order valence-corrected chi connectivity index (χ2v) is 6.31. The number of hydrogen-bond donors (Lipinski definition) is 2. The van der Waals surface area contributed by atoms with Gasteiger partial charge in [-0.15, -0.1) is 0 Å². The van der Waals surface area contributed by atoms with Crippen LogP contribution in [0.4, 0.5) is 11.5 Å². The SMILES string of the molecule is COC(=O)c1ccc2ncnc(N[C@@H](CO)c3cccc(N(C)C)c3)c2c1. The van der Waals surface area contributed by atoms with Crippen LogP contribution in [0.5, 0.6) is 0 Å². The molecule has 2 aromatic carbocycles. The third-order valence-corrected chi connectivity index (χ3v) is 4.34. The summed E-state index contributed by atoms with van der Waals surface area (Å²) in [5.74, 6) is 0.115. The molecule has 140 valence electrons. The number of carbonyl (C=O) groups is 1. The highest BCUT2D eigenvalue weighted by Crippen LogP contribution is 2.26. The van der Waals surface area contributed by atoms with E-state index in [9.17, 15) is 9.90 Å². The maximum atomic E-state index is 11.8. The van der Waals surface area contributed by atoms with Gasteiger partial charge < -0.3 is 20.1 Å². The molecule has 0 aliphatic carbocycles. The fourth-order valence-electron chi connectivity index (χ4n) is 2.84. The van der Waals surface area contributed by atoms with E-state index in [1.165, 1.54) is 13.4 Å². The zero-order valence-corrected chi connectivity index (χ0v) is 15.5. The highest BCUT2D eigenvalue weighted by molar-refractivity contribution is 5.97. The van der Waals surface area contributed by atoms with Crippen molar-refractivity contribution in [3.63, 3.8) is 0 Å². The largest absolute Gasteiger partial charge is 0.465 e. The molecule has 1 heterocycles. The van der Waals surface area contributed by atoms with Gasteiger partial charge >= 0.3 is 5.97 Å². The molecule has 0 spiro atoms. The average Bonchev–Trinajstić information content (AvgIpc) is 2.71. The summed E-state index contributed by atoms with van der Waals surface area (Å²) in [6.07, 6.45) is 1.45. The zero-order valence-electron chi connectivity index (χ0n) is 15.5. The molecule has 0 unspecified atom stereocenters. The number of nitrogens with zero attached hydrogens (tertiary/aromatic N) is 3. The van der Waals surface area contributed by atoms with Crippen LogP contribution in [-0.4, -0.2) is 48.9 Å². The summed E-state index contributed by atoms with van der Waals surface area (Å²) >= 11 is 0. The third kappa shape index (κ3) is 3.98. The predicted octanol–water partition coefficient (Wildman–Crippen LogP) is 2.63. The second kappa shape index (κ2) is 8.01. The van der Waals surface area contributed by atoms with Crippen LogP contribution >= 0.6 is 0 Å². The summed E-state index contributed by atoms with van der Waals surface area (Å²) in [6.45, 7) is -0.112. The van der Waals surface area contributed by atoms with Crippen LogP contribution in [0.2, 0.25) is 0 Å². The number of hydrogen-bond acceptors (Lipinski definition) is 7. The highest BCUT2D eigenvalue weighted by Gasteiger charge is 2.15. The van der Waals surface area contributed by atoms with E-state index < -0.39 is 5.97 Å². The molecule has 0 fully saturated rings. The summed E-state index contributed by atoms with van der Waals surface area (Å²) in [6, 6.07) is 12.6. The van der Waals surface area contributed by atoms with E-state index in [1.54, 1.807) is 18.2 Å². The number of anilines is 2. The maximum Gasteiger partial charge on any atom is 0.337 e. The Bertz CT molecular complexity index is 959. The van der Waals surface area contributed by atoms with Crippen molar-refractivity contribution in [1.29, 1.82) is 0 Å². The minimum absolute atomic E-state index is 0.112. The fraction of sp³-hybridized carbons (Fsp3) is 0.250. The predicted molar refractivity (Wildman–Crippen MR) is 105 cm³/mol. The van der Waals surface area contributed by atoms with Gasteiger partial charge in [-0.2, -0.15) is 0 Å². The van der Waals surface area contributed by atoms with Gasteiger partial charge in [0.15, 0.2) is 0 Å². The number of aliphatic hydroxyl groups is 1. The molecule has 0 amide bonds. The van der Waals surface area contributed by atoms with Crippen LogP contribution in [0.1, 0.15) is 22.0 Å². The molecule has 0 saturated heterocycles. The van der Waals surface area contributed by atoms with Crippen LogP contribution in [0, 0.1) is 0 Å². The Hall–Kier alpha value is -3.19. The molecule has 0 aliphatic rings. The van der Waals surface area contributed by atoms with Crippen LogP contribution in [0.25, 0.3) is 10.9 Å². The number of aromatic nitrogens is 2. The highest BCUT2D eigenvalue weighted by atomic mass is 16.5. The maximum absolute atomic E-state index is 11.8. The van der Waals surface area contributed by atoms with Crippen molar-refractivity contribution in [2.75, 3.05) is 38.0 Å². The van der Waals surface area contributed by atoms with Gasteiger partial charge in [0, 0.05) is 25.2 Å². The monoisotopic (exact) mass is 366 g/mol. The minimum Gasteiger partial charge on any atom is -0.465 e. The second-order valence-electron chi connectivity index (χ2n) is 6.31. The van der Waals surface area contributed by atoms with E-state index >= 15 is 0 Å². The summed E-state index contributed by atoms with van der Waals surface area (Å²) < 4.78 is 4.79. The van der Waals surface area contributed by atoms with E-state index in [2.05, 4.69) is 15.3 Å². The van der Waals surface area contributed by atoms with Crippen LogP contribution in [0.15, 0.2) is 48.8 Å². The molecular formula is C20H22N4O3. The van der Waals surface area contributed by atoms with E-state index in [0.717, 1.165) is 11.3 Å². The van der Waals surface area contributed by atoms with E-state index in [4.69, 9.17) is 4.74 Å². The van der Waals surface area contributed by atoms with Gasteiger partial charge in [0.1, 0.15) is 12.1 Å². The van der Waals surface area contributed by atoms with E-state index in [1.807, 2.05) is 43.3 Å². The topological polar surface area (TPSA) is 87.6 Å². The van der Waals surface area contributed by atoms with Crippen molar-refractivity contribution in [3.05, 3.63) is 59.9 Å². The fourth-order valence-corrected chi connectivity index (χ4v) is 2.84. The lowest BCUT2D eigenvalue weighted by Crippen LogP contribution is -2.17. The van der Waals surface area contributed by atoms with Crippen molar-refractivity contribution in [2.24, 2.45) is 0 Å².